The lowest BCUT2D eigenvalue weighted by Gasteiger charge is -2.07. The van der Waals surface area contributed by atoms with Gasteiger partial charge in [0.1, 0.15) is 19.9 Å². The molecule has 0 fully saturated rings. The van der Waals surface area contributed by atoms with Crippen LogP contribution in [-0.4, -0.2) is 38.3 Å². The monoisotopic (exact) mass is 317 g/mol. The molecule has 0 bridgehead atoms. The lowest BCUT2D eigenvalue weighted by atomic mass is 10.5. The highest BCUT2D eigenvalue weighted by Gasteiger charge is 2.27. The molecule has 0 aliphatic carbocycles. The number of aromatic nitrogens is 4. The second kappa shape index (κ2) is 6.60. The van der Waals surface area contributed by atoms with Gasteiger partial charge in [0.25, 0.3) is 0 Å². The lowest BCUT2D eigenvalue weighted by Crippen LogP contribution is -2.19. The van der Waals surface area contributed by atoms with Crippen molar-refractivity contribution in [2.75, 3.05) is 11.9 Å². The van der Waals surface area contributed by atoms with Crippen molar-refractivity contribution in [2.24, 2.45) is 0 Å². The Bertz CT molecular complexity index is 635. The third kappa shape index (κ3) is 5.20. The Labute approximate surface area is 123 Å². The summed E-state index contributed by atoms with van der Waals surface area (Å²) >= 11 is 0. The number of anilines is 1. The summed E-state index contributed by atoms with van der Waals surface area (Å²) in [5, 5.41) is 10.4. The van der Waals surface area contributed by atoms with Crippen molar-refractivity contribution in [1.29, 1.82) is 0 Å². The zero-order valence-corrected chi connectivity index (χ0v) is 11.7. The maximum Gasteiger partial charge on any atom is 0.411 e. The molecule has 1 N–H and O–H groups in total. The molecule has 2 rings (SSSR count). The summed E-state index contributed by atoms with van der Waals surface area (Å²) in [4.78, 5) is 11.8. The number of amides is 1. The quantitative estimate of drug-likeness (QED) is 0.877. The van der Waals surface area contributed by atoms with Gasteiger partial charge in [-0.3, -0.25) is 9.48 Å². The number of carbonyl (C=O) groups is 1. The molecule has 2 heterocycles. The highest BCUT2D eigenvalue weighted by atomic mass is 19.4. The Balaban J connectivity index is 1.80. The van der Waals surface area contributed by atoms with Crippen LogP contribution in [0.25, 0.3) is 0 Å². The molecule has 0 aliphatic heterocycles. The molecule has 2 aromatic heterocycles. The van der Waals surface area contributed by atoms with E-state index in [2.05, 4.69) is 20.3 Å². The van der Waals surface area contributed by atoms with Gasteiger partial charge < -0.3 is 10.1 Å². The van der Waals surface area contributed by atoms with Gasteiger partial charge in [-0.1, -0.05) is 0 Å². The first kappa shape index (κ1) is 16.0. The van der Waals surface area contributed by atoms with Crippen LogP contribution in [0.2, 0.25) is 0 Å². The van der Waals surface area contributed by atoms with E-state index in [0.717, 1.165) is 10.4 Å². The molecule has 10 heteroatoms. The number of carbonyl (C=O) groups excluding carboxylic acids is 1. The molecule has 0 saturated carbocycles. The van der Waals surface area contributed by atoms with Crippen molar-refractivity contribution in [3.05, 3.63) is 30.4 Å². The van der Waals surface area contributed by atoms with Gasteiger partial charge in [-0.2, -0.15) is 23.4 Å². The zero-order chi connectivity index (χ0) is 16.2. The van der Waals surface area contributed by atoms with E-state index in [0.29, 0.717) is 5.69 Å². The molecular formula is C12H14F3N5O2. The Kier molecular flexibility index (Phi) is 4.81. The molecule has 0 atom stereocenters. The lowest BCUT2D eigenvalue weighted by molar-refractivity contribution is -0.182. The topological polar surface area (TPSA) is 74.0 Å². The second-order valence-electron chi connectivity index (χ2n) is 4.56. The fourth-order valence-electron chi connectivity index (χ4n) is 1.65. The summed E-state index contributed by atoms with van der Waals surface area (Å²) in [6, 6.07) is 1.77. The molecule has 0 saturated heterocycles. The summed E-state index contributed by atoms with van der Waals surface area (Å²) < 4.78 is 42.8. The van der Waals surface area contributed by atoms with Crippen LogP contribution in [0, 0.1) is 6.92 Å². The first-order chi connectivity index (χ1) is 10.3. The number of rotatable bonds is 6. The molecule has 0 spiro atoms. The predicted molar refractivity (Wildman–Crippen MR) is 69.8 cm³/mol. The number of alkyl halides is 3. The number of nitrogens with zero attached hydrogens (tertiary/aromatic N) is 4. The van der Waals surface area contributed by atoms with Gasteiger partial charge in [0.05, 0.1) is 23.8 Å². The average molecular weight is 317 g/mol. The third-order valence-electron chi connectivity index (χ3n) is 2.49. The van der Waals surface area contributed by atoms with E-state index in [1.807, 2.05) is 0 Å². The van der Waals surface area contributed by atoms with E-state index in [4.69, 9.17) is 0 Å². The first-order valence-electron chi connectivity index (χ1n) is 6.29. The van der Waals surface area contributed by atoms with Gasteiger partial charge >= 0.3 is 6.18 Å². The minimum atomic E-state index is -4.38. The fourth-order valence-corrected chi connectivity index (χ4v) is 1.65. The Morgan fingerprint density at radius 1 is 1.41 bits per heavy atom. The smallest absolute Gasteiger partial charge is 0.350 e. The standard InChI is InChI=1S/C12H14F3N5O2/c1-9-2-3-19(18-9)6-11(21)17-10-4-16-20(5-10)8-22-7-12(13,14)15/h2-5H,6-8H2,1H3,(H,17,21). The Hall–Kier alpha value is -2.36. The number of hydrogen-bond donors (Lipinski definition) is 1. The number of aryl methyl sites for hydroxylation is 1. The molecule has 2 aromatic rings. The Morgan fingerprint density at radius 2 is 2.18 bits per heavy atom. The molecule has 1 amide bonds. The molecule has 0 radical (unpaired) electrons. The maximum atomic E-state index is 11.9. The van der Waals surface area contributed by atoms with Crippen molar-refractivity contribution >= 4 is 11.6 Å². The van der Waals surface area contributed by atoms with Crippen LogP contribution < -0.4 is 5.32 Å². The largest absolute Gasteiger partial charge is 0.411 e. The van der Waals surface area contributed by atoms with Gasteiger partial charge in [-0.05, 0) is 13.0 Å². The predicted octanol–water partition coefficient (Wildman–Crippen LogP) is 1.56. The molecular weight excluding hydrogens is 303 g/mol. The molecule has 120 valence electrons. The van der Waals surface area contributed by atoms with Crippen LogP contribution in [0.5, 0.6) is 0 Å². The van der Waals surface area contributed by atoms with Crippen molar-refractivity contribution < 1.29 is 22.7 Å². The van der Waals surface area contributed by atoms with Crippen molar-refractivity contribution in [1.82, 2.24) is 19.6 Å². The molecule has 7 nitrogen and oxygen atoms in total. The van der Waals surface area contributed by atoms with Gasteiger partial charge in [-0.25, -0.2) is 4.68 Å². The van der Waals surface area contributed by atoms with Crippen molar-refractivity contribution in [3.63, 3.8) is 0 Å². The van der Waals surface area contributed by atoms with Crippen molar-refractivity contribution in [3.8, 4) is 0 Å². The zero-order valence-electron chi connectivity index (χ0n) is 11.7. The van der Waals surface area contributed by atoms with Gasteiger partial charge in [0, 0.05) is 6.20 Å². The normalized spacial score (nSPS) is 11.6. The highest BCUT2D eigenvalue weighted by molar-refractivity contribution is 5.90. The summed E-state index contributed by atoms with van der Waals surface area (Å²) in [6.07, 6.45) is -0.0127. The van der Waals surface area contributed by atoms with Crippen LogP contribution in [0.3, 0.4) is 0 Å². The fraction of sp³-hybridized carbons (Fsp3) is 0.417. The summed E-state index contributed by atoms with van der Waals surface area (Å²) in [7, 11) is 0. The highest BCUT2D eigenvalue weighted by Crippen LogP contribution is 2.14. The number of hydrogen-bond acceptors (Lipinski definition) is 4. The molecule has 22 heavy (non-hydrogen) atoms. The molecule has 0 aromatic carbocycles. The summed E-state index contributed by atoms with van der Waals surface area (Å²) in [5.41, 5.74) is 1.16. The van der Waals surface area contributed by atoms with Crippen LogP contribution in [-0.2, 0) is 22.8 Å². The summed E-state index contributed by atoms with van der Waals surface area (Å²) in [5.74, 6) is -0.321. The van der Waals surface area contributed by atoms with Crippen LogP contribution in [0.15, 0.2) is 24.7 Å². The van der Waals surface area contributed by atoms with E-state index in [1.165, 1.54) is 17.1 Å². The number of halogens is 3. The third-order valence-corrected chi connectivity index (χ3v) is 2.49. The molecule has 0 unspecified atom stereocenters. The van der Waals surface area contributed by atoms with E-state index in [1.54, 1.807) is 19.2 Å². The number of ether oxygens (including phenoxy) is 1. The van der Waals surface area contributed by atoms with Gasteiger partial charge in [-0.15, -0.1) is 0 Å². The van der Waals surface area contributed by atoms with E-state index in [9.17, 15) is 18.0 Å². The van der Waals surface area contributed by atoms with Gasteiger partial charge in [0.2, 0.25) is 5.91 Å². The number of nitrogens with one attached hydrogen (secondary N) is 1. The average Bonchev–Trinajstić information content (AvgIpc) is 2.97. The van der Waals surface area contributed by atoms with Crippen LogP contribution >= 0.6 is 0 Å². The minimum Gasteiger partial charge on any atom is -0.350 e. The van der Waals surface area contributed by atoms with E-state index < -0.39 is 12.8 Å². The van der Waals surface area contributed by atoms with Gasteiger partial charge in [0.15, 0.2) is 0 Å². The van der Waals surface area contributed by atoms with Crippen LogP contribution in [0.1, 0.15) is 5.69 Å². The first-order valence-corrected chi connectivity index (χ1v) is 6.29. The maximum absolute atomic E-state index is 11.9. The van der Waals surface area contributed by atoms with Crippen LogP contribution in [0.4, 0.5) is 18.9 Å². The SMILES string of the molecule is Cc1ccn(CC(=O)Nc2cnn(COCC(F)(F)F)c2)n1. The van der Waals surface area contributed by atoms with E-state index >= 15 is 0 Å². The molecule has 0 aliphatic rings. The minimum absolute atomic E-state index is 0.0313. The Morgan fingerprint density at radius 3 is 2.82 bits per heavy atom. The second-order valence-corrected chi connectivity index (χ2v) is 4.56. The van der Waals surface area contributed by atoms with Crippen molar-refractivity contribution in [2.45, 2.75) is 26.4 Å². The summed E-state index contributed by atoms with van der Waals surface area (Å²) in [6.45, 7) is 0.129. The van der Waals surface area contributed by atoms with E-state index in [-0.39, 0.29) is 19.2 Å².